The predicted molar refractivity (Wildman–Crippen MR) is 116 cm³/mol. The van der Waals surface area contributed by atoms with Crippen LogP contribution in [0.4, 0.5) is 5.69 Å². The van der Waals surface area contributed by atoms with Crippen molar-refractivity contribution in [2.45, 2.75) is 6.92 Å². The molecule has 0 radical (unpaired) electrons. The van der Waals surface area contributed by atoms with Crippen LogP contribution in [0.5, 0.6) is 5.75 Å². The van der Waals surface area contributed by atoms with E-state index in [9.17, 15) is 9.59 Å². The molecule has 0 aliphatic rings. The summed E-state index contributed by atoms with van der Waals surface area (Å²) in [6, 6.07) is 15.6. The number of halogens is 1. The number of carbonyl (C=O) groups is 2. The highest BCUT2D eigenvalue weighted by molar-refractivity contribution is 7.12. The van der Waals surface area contributed by atoms with E-state index in [0.29, 0.717) is 27.0 Å². The van der Waals surface area contributed by atoms with E-state index in [1.807, 2.05) is 17.5 Å². The van der Waals surface area contributed by atoms with Crippen LogP contribution in [-0.2, 0) is 0 Å². The van der Waals surface area contributed by atoms with Crippen molar-refractivity contribution in [1.82, 2.24) is 5.43 Å². The molecule has 2 aromatic carbocycles. The molecule has 29 heavy (non-hydrogen) atoms. The number of anilines is 1. The third kappa shape index (κ3) is 5.22. The minimum absolute atomic E-state index is 0.173. The SMILES string of the molecule is COc1ccc(Cl)cc1C(=O)N/N=C(/C)c1cccc(NC(=O)c2cccs2)c1. The van der Waals surface area contributed by atoms with Crippen LogP contribution in [0.25, 0.3) is 0 Å². The van der Waals surface area contributed by atoms with Gasteiger partial charge in [0.1, 0.15) is 5.75 Å². The quantitative estimate of drug-likeness (QED) is 0.437. The third-order valence-electron chi connectivity index (χ3n) is 4.01. The zero-order valence-corrected chi connectivity index (χ0v) is 17.3. The lowest BCUT2D eigenvalue weighted by molar-refractivity contribution is 0.0951. The molecule has 2 amide bonds. The summed E-state index contributed by atoms with van der Waals surface area (Å²) in [4.78, 5) is 25.3. The van der Waals surface area contributed by atoms with E-state index in [4.69, 9.17) is 16.3 Å². The Hall–Kier alpha value is -3.16. The lowest BCUT2D eigenvalue weighted by Crippen LogP contribution is -2.20. The summed E-state index contributed by atoms with van der Waals surface area (Å²) in [5, 5.41) is 9.27. The summed E-state index contributed by atoms with van der Waals surface area (Å²) in [6.07, 6.45) is 0. The molecule has 0 fully saturated rings. The molecule has 0 saturated heterocycles. The summed E-state index contributed by atoms with van der Waals surface area (Å²) < 4.78 is 5.19. The first-order valence-corrected chi connectivity index (χ1v) is 9.87. The van der Waals surface area contributed by atoms with Crippen molar-refractivity contribution < 1.29 is 14.3 Å². The molecule has 2 N–H and O–H groups in total. The molecule has 0 aliphatic carbocycles. The maximum atomic E-state index is 12.4. The molecule has 0 unspecified atom stereocenters. The molecule has 148 valence electrons. The maximum Gasteiger partial charge on any atom is 0.275 e. The molecule has 3 aromatic rings. The van der Waals surface area contributed by atoms with Gasteiger partial charge in [-0.15, -0.1) is 11.3 Å². The Balaban J connectivity index is 1.72. The van der Waals surface area contributed by atoms with Crippen molar-refractivity contribution in [3.05, 3.63) is 81.0 Å². The van der Waals surface area contributed by atoms with Crippen molar-refractivity contribution in [1.29, 1.82) is 0 Å². The number of benzene rings is 2. The van der Waals surface area contributed by atoms with Gasteiger partial charge in [0.2, 0.25) is 0 Å². The lowest BCUT2D eigenvalue weighted by atomic mass is 10.1. The Morgan fingerprint density at radius 2 is 1.90 bits per heavy atom. The van der Waals surface area contributed by atoms with Crippen LogP contribution in [0.3, 0.4) is 0 Å². The molecule has 1 aromatic heterocycles. The Bertz CT molecular complexity index is 1060. The van der Waals surface area contributed by atoms with Crippen LogP contribution in [0.2, 0.25) is 5.02 Å². The Morgan fingerprint density at radius 1 is 1.07 bits per heavy atom. The molecule has 3 rings (SSSR count). The fourth-order valence-corrected chi connectivity index (χ4v) is 3.33. The largest absolute Gasteiger partial charge is 0.496 e. The van der Waals surface area contributed by atoms with Gasteiger partial charge in [-0.2, -0.15) is 5.10 Å². The molecule has 0 saturated carbocycles. The second-order valence-electron chi connectivity index (χ2n) is 5.99. The average Bonchev–Trinajstić information content (AvgIpc) is 3.27. The molecule has 0 bridgehead atoms. The zero-order chi connectivity index (χ0) is 20.8. The summed E-state index contributed by atoms with van der Waals surface area (Å²) in [5.41, 5.74) is 4.76. The average molecular weight is 428 g/mol. The topological polar surface area (TPSA) is 79.8 Å². The smallest absolute Gasteiger partial charge is 0.275 e. The molecule has 1 heterocycles. The summed E-state index contributed by atoms with van der Waals surface area (Å²) in [6.45, 7) is 1.76. The van der Waals surface area contributed by atoms with E-state index >= 15 is 0 Å². The normalized spacial score (nSPS) is 11.1. The van der Waals surface area contributed by atoms with Crippen LogP contribution < -0.4 is 15.5 Å². The van der Waals surface area contributed by atoms with E-state index in [1.54, 1.807) is 43.3 Å². The zero-order valence-electron chi connectivity index (χ0n) is 15.7. The van der Waals surface area contributed by atoms with Gasteiger partial charge in [0.05, 0.1) is 23.3 Å². The number of thiophene rings is 1. The first-order valence-electron chi connectivity index (χ1n) is 8.61. The van der Waals surface area contributed by atoms with Gasteiger partial charge in [0.25, 0.3) is 11.8 Å². The monoisotopic (exact) mass is 427 g/mol. The Morgan fingerprint density at radius 3 is 2.62 bits per heavy atom. The van der Waals surface area contributed by atoms with Crippen molar-refractivity contribution in [3.63, 3.8) is 0 Å². The number of hydrogen-bond donors (Lipinski definition) is 2. The van der Waals surface area contributed by atoms with Gasteiger partial charge in [0.15, 0.2) is 0 Å². The lowest BCUT2D eigenvalue weighted by Gasteiger charge is -2.09. The highest BCUT2D eigenvalue weighted by atomic mass is 35.5. The minimum Gasteiger partial charge on any atom is -0.496 e. The third-order valence-corrected chi connectivity index (χ3v) is 5.12. The first-order chi connectivity index (χ1) is 14.0. The van der Waals surface area contributed by atoms with Gasteiger partial charge in [-0.1, -0.05) is 29.8 Å². The van der Waals surface area contributed by atoms with E-state index in [1.165, 1.54) is 24.5 Å². The summed E-state index contributed by atoms with van der Waals surface area (Å²) in [7, 11) is 1.48. The number of nitrogens with one attached hydrogen (secondary N) is 2. The maximum absolute atomic E-state index is 12.4. The van der Waals surface area contributed by atoms with Crippen molar-refractivity contribution in [3.8, 4) is 5.75 Å². The standard InChI is InChI=1S/C21H18ClN3O3S/c1-13(24-25-20(26)17-12-15(22)8-9-18(17)28-2)14-5-3-6-16(11-14)23-21(27)19-7-4-10-29-19/h3-12H,1-2H3,(H,23,27)(H,25,26)/b24-13-. The van der Waals surface area contributed by atoms with Crippen molar-refractivity contribution in [2.24, 2.45) is 5.10 Å². The van der Waals surface area contributed by atoms with Gasteiger partial charge in [0, 0.05) is 10.7 Å². The van der Waals surface area contributed by atoms with Gasteiger partial charge in [-0.25, -0.2) is 5.43 Å². The molecular formula is C21H18ClN3O3S. The van der Waals surface area contributed by atoms with Crippen molar-refractivity contribution >= 4 is 46.2 Å². The summed E-state index contributed by atoms with van der Waals surface area (Å²) in [5.74, 6) is -0.211. The predicted octanol–water partition coefficient (Wildman–Crippen LogP) is 4.82. The van der Waals surface area contributed by atoms with E-state index in [2.05, 4.69) is 15.8 Å². The van der Waals surface area contributed by atoms with Crippen LogP contribution in [0, 0.1) is 0 Å². The second-order valence-corrected chi connectivity index (χ2v) is 7.38. The summed E-state index contributed by atoms with van der Waals surface area (Å²) >= 11 is 7.34. The number of amides is 2. The number of ether oxygens (including phenoxy) is 1. The van der Waals surface area contributed by atoms with Crippen LogP contribution in [0.15, 0.2) is 65.1 Å². The first kappa shape index (κ1) is 20.6. The fraction of sp³-hybridized carbons (Fsp3) is 0.0952. The van der Waals surface area contributed by atoms with Gasteiger partial charge in [-0.3, -0.25) is 9.59 Å². The molecule has 8 heteroatoms. The van der Waals surface area contributed by atoms with Gasteiger partial charge < -0.3 is 10.1 Å². The number of nitrogens with zero attached hydrogens (tertiary/aromatic N) is 1. The molecule has 0 spiro atoms. The van der Waals surface area contributed by atoms with Crippen LogP contribution in [0.1, 0.15) is 32.5 Å². The Labute approximate surface area is 177 Å². The number of carbonyl (C=O) groups excluding carboxylic acids is 2. The van der Waals surface area contributed by atoms with Gasteiger partial charge in [-0.05, 0) is 54.3 Å². The van der Waals surface area contributed by atoms with Crippen molar-refractivity contribution in [2.75, 3.05) is 12.4 Å². The number of hydrazone groups is 1. The van der Waals surface area contributed by atoms with E-state index in [0.717, 1.165) is 5.56 Å². The van der Waals surface area contributed by atoms with E-state index in [-0.39, 0.29) is 11.5 Å². The molecular weight excluding hydrogens is 410 g/mol. The molecule has 0 atom stereocenters. The minimum atomic E-state index is -0.439. The number of rotatable bonds is 6. The van der Waals surface area contributed by atoms with Crippen LogP contribution >= 0.6 is 22.9 Å². The van der Waals surface area contributed by atoms with E-state index < -0.39 is 5.91 Å². The highest BCUT2D eigenvalue weighted by Gasteiger charge is 2.13. The second kappa shape index (κ2) is 9.36. The highest BCUT2D eigenvalue weighted by Crippen LogP contribution is 2.22. The van der Waals surface area contributed by atoms with Gasteiger partial charge >= 0.3 is 0 Å². The number of hydrogen-bond acceptors (Lipinski definition) is 5. The molecule has 0 aliphatic heterocycles. The number of methoxy groups -OCH3 is 1. The fourth-order valence-electron chi connectivity index (χ4n) is 2.54. The Kier molecular flexibility index (Phi) is 6.64. The molecule has 6 nitrogen and oxygen atoms in total. The van der Waals surface area contributed by atoms with Crippen LogP contribution in [-0.4, -0.2) is 24.6 Å².